The Morgan fingerprint density at radius 3 is 1.61 bits per heavy atom. The number of hydrogen-bond acceptors (Lipinski definition) is 15. The van der Waals surface area contributed by atoms with Crippen LogP contribution < -0.4 is 0 Å². The maximum Gasteiger partial charge on any atom is 0.303 e. The van der Waals surface area contributed by atoms with E-state index >= 15 is 0 Å². The van der Waals surface area contributed by atoms with Gasteiger partial charge in [-0.25, -0.2) is 0 Å². The normalized spacial score (nSPS) is 27.4. The summed E-state index contributed by atoms with van der Waals surface area (Å²) >= 11 is 0. The van der Waals surface area contributed by atoms with Gasteiger partial charge in [0.2, 0.25) is 0 Å². The molecule has 3 aliphatic heterocycles. The van der Waals surface area contributed by atoms with E-state index in [9.17, 15) is 29.1 Å². The second kappa shape index (κ2) is 21.0. The van der Waals surface area contributed by atoms with E-state index < -0.39 is 99.1 Å². The maximum atomic E-state index is 14.3. The molecule has 62 heavy (non-hydrogen) atoms. The smallest absolute Gasteiger partial charge is 0.303 e. The predicted molar refractivity (Wildman–Crippen MR) is 222 cm³/mol. The maximum absolute atomic E-state index is 14.3. The van der Waals surface area contributed by atoms with E-state index in [4.69, 9.17) is 42.6 Å². The van der Waals surface area contributed by atoms with Crippen molar-refractivity contribution in [3.8, 4) is 0 Å². The Balaban J connectivity index is 1.41. The van der Waals surface area contributed by atoms with E-state index in [0.29, 0.717) is 6.04 Å². The molecule has 17 heteroatoms. The third kappa shape index (κ3) is 11.8. The third-order valence-corrected chi connectivity index (χ3v) is 12.2. The molecular weight excluding hydrogens is 823 g/mol. The summed E-state index contributed by atoms with van der Waals surface area (Å²) in [6.45, 7) is 9.91. The number of aliphatic hydroxyl groups excluding tert-OH is 1. The van der Waals surface area contributed by atoms with Crippen LogP contribution in [0.3, 0.4) is 0 Å². The van der Waals surface area contributed by atoms with Crippen molar-refractivity contribution >= 4 is 37.8 Å². The highest BCUT2D eigenvalue weighted by molar-refractivity contribution is 6.76. The molecule has 0 bridgehead atoms. The number of aliphatic hydroxyl groups is 1. The van der Waals surface area contributed by atoms with Gasteiger partial charge in [-0.2, -0.15) is 0 Å². The van der Waals surface area contributed by atoms with Crippen LogP contribution in [0.5, 0.6) is 0 Å². The lowest BCUT2D eigenvalue weighted by molar-refractivity contribution is -0.351. The molecule has 2 fully saturated rings. The lowest BCUT2D eigenvalue weighted by atomic mass is 9.94. The van der Waals surface area contributed by atoms with Gasteiger partial charge in [-0.05, 0) is 29.3 Å². The van der Waals surface area contributed by atoms with Gasteiger partial charge < -0.3 is 47.7 Å². The topological polar surface area (TPSA) is 192 Å². The summed E-state index contributed by atoms with van der Waals surface area (Å²) in [6, 6.07) is 24.1. The number of esters is 3. The molecule has 10 atom stereocenters. The molecule has 3 aromatic rings. The van der Waals surface area contributed by atoms with E-state index in [1.807, 2.05) is 60.7 Å². The highest BCUT2D eigenvalue weighted by Crippen LogP contribution is 2.38. The molecule has 2 saturated heterocycles. The molecule has 1 N–H and O–H groups in total. The minimum Gasteiger partial charge on any atom is -0.456 e. The van der Waals surface area contributed by atoms with Gasteiger partial charge in [-0.15, -0.1) is 0 Å². The van der Waals surface area contributed by atoms with Crippen molar-refractivity contribution in [2.45, 2.75) is 121 Å². The van der Waals surface area contributed by atoms with Gasteiger partial charge in [-0.3, -0.25) is 28.9 Å². The molecule has 2 amide bonds. The van der Waals surface area contributed by atoms with E-state index in [1.165, 1.54) is 12.1 Å². The Labute approximate surface area is 361 Å². The second-order valence-electron chi connectivity index (χ2n) is 16.6. The van der Waals surface area contributed by atoms with Crippen LogP contribution in [0.25, 0.3) is 0 Å². The fourth-order valence-corrected chi connectivity index (χ4v) is 8.29. The molecule has 0 unspecified atom stereocenters. The number of carbonyl (C=O) groups is 5. The quantitative estimate of drug-likeness (QED) is 0.0817. The summed E-state index contributed by atoms with van der Waals surface area (Å²) in [6.07, 6.45) is -13.2. The highest BCUT2D eigenvalue weighted by atomic mass is 28.3. The first-order valence-corrected chi connectivity index (χ1v) is 24.3. The Kier molecular flexibility index (Phi) is 15.8. The van der Waals surface area contributed by atoms with Crippen molar-refractivity contribution in [2.24, 2.45) is 0 Å². The van der Waals surface area contributed by atoms with Crippen LogP contribution in [0.1, 0.15) is 52.6 Å². The first-order valence-electron chi connectivity index (χ1n) is 20.6. The number of fused-ring (bicyclic) bond motifs is 1. The average molecular weight is 878 g/mol. The van der Waals surface area contributed by atoms with Crippen LogP contribution >= 0.6 is 0 Å². The number of hydrogen-bond donors (Lipinski definition) is 1. The number of imide groups is 1. The summed E-state index contributed by atoms with van der Waals surface area (Å²) < 4.78 is 55.3. The fourth-order valence-electron chi connectivity index (χ4n) is 7.55. The molecular formula is C45H55NO15Si. The van der Waals surface area contributed by atoms with Gasteiger partial charge >= 0.3 is 17.9 Å². The van der Waals surface area contributed by atoms with Crippen molar-refractivity contribution < 1.29 is 71.7 Å². The lowest BCUT2D eigenvalue weighted by Gasteiger charge is -2.50. The van der Waals surface area contributed by atoms with Gasteiger partial charge in [0.05, 0.1) is 37.6 Å². The Hall–Kier alpha value is -4.85. The number of amides is 2. The van der Waals surface area contributed by atoms with E-state index in [0.717, 1.165) is 36.8 Å². The van der Waals surface area contributed by atoms with Crippen LogP contribution in [0.2, 0.25) is 25.7 Å². The standard InChI is InChI=1S/C45H55NO15Si/c1-27(47)56-38-35(26-54-24-31-17-11-8-12-18-31)60-45(41(58-29(3)49)40(38)57-28(2)48)61-39-36(46-42(51)32-19-13-14-20-33(32)43(46)52)44(55-21-22-62(4,5)6)59-34(37(39)50)25-53-23-30-15-9-7-10-16-30/h7-20,34-41,44-45,50H,21-26H2,1-6H3/t34-,35-,36-,37-,38+,39-,40+,41-,44-,45+/m1/s1. The molecule has 0 aliphatic carbocycles. The minimum atomic E-state index is -1.71. The first kappa shape index (κ1) is 46.6. The minimum absolute atomic E-state index is 0.117. The number of rotatable bonds is 18. The monoisotopic (exact) mass is 877 g/mol. The zero-order chi connectivity index (χ0) is 44.6. The Morgan fingerprint density at radius 2 is 1.10 bits per heavy atom. The third-order valence-electron chi connectivity index (χ3n) is 10.5. The van der Waals surface area contributed by atoms with Gasteiger partial charge in [0, 0.05) is 35.5 Å². The second-order valence-corrected chi connectivity index (χ2v) is 22.2. The summed E-state index contributed by atoms with van der Waals surface area (Å²) in [5.74, 6) is -3.77. The van der Waals surface area contributed by atoms with Crippen molar-refractivity contribution in [3.63, 3.8) is 0 Å². The molecule has 3 heterocycles. The Bertz CT molecular complexity index is 1980. The zero-order valence-corrected chi connectivity index (χ0v) is 36.7. The van der Waals surface area contributed by atoms with Crippen LogP contribution in [0.4, 0.5) is 0 Å². The number of benzene rings is 3. The average Bonchev–Trinajstić information content (AvgIpc) is 3.47. The summed E-state index contributed by atoms with van der Waals surface area (Å²) in [4.78, 5) is 67.6. The van der Waals surface area contributed by atoms with Crippen molar-refractivity contribution in [3.05, 3.63) is 107 Å². The van der Waals surface area contributed by atoms with E-state index in [2.05, 4.69) is 19.6 Å². The van der Waals surface area contributed by atoms with E-state index in [-0.39, 0.29) is 44.2 Å². The molecule has 3 aliphatic rings. The molecule has 0 spiro atoms. The predicted octanol–water partition coefficient (Wildman–Crippen LogP) is 4.43. The van der Waals surface area contributed by atoms with Crippen molar-refractivity contribution in [1.29, 1.82) is 0 Å². The molecule has 6 rings (SSSR count). The Morgan fingerprint density at radius 1 is 0.629 bits per heavy atom. The lowest BCUT2D eigenvalue weighted by Crippen LogP contribution is -2.69. The zero-order valence-electron chi connectivity index (χ0n) is 35.7. The fraction of sp³-hybridized carbons (Fsp3) is 0.489. The number of carbonyl (C=O) groups excluding carboxylic acids is 5. The SMILES string of the molecule is CC(=O)O[C@H]1[C@@H](OC(C)=O)[C@@H](COCc2ccccc2)O[C@@H](O[C@H]2[C@H](O)[C@@H](COCc3ccccc3)O[C@@H](OCC[Si](C)(C)C)[C@@H]2N2C(=O)c3ccccc3C2=O)[C@@H]1OC(C)=O. The molecule has 16 nitrogen and oxygen atoms in total. The molecule has 3 aromatic carbocycles. The largest absolute Gasteiger partial charge is 0.456 e. The van der Waals surface area contributed by atoms with Gasteiger partial charge in [0.1, 0.15) is 30.5 Å². The summed E-state index contributed by atoms with van der Waals surface area (Å²) in [5, 5.41) is 12.4. The highest BCUT2D eigenvalue weighted by Gasteiger charge is 2.59. The van der Waals surface area contributed by atoms with Crippen LogP contribution in [0, 0.1) is 0 Å². The number of ether oxygens (including phenoxy) is 9. The molecule has 0 saturated carbocycles. The number of nitrogens with zero attached hydrogens (tertiary/aromatic N) is 1. The summed E-state index contributed by atoms with van der Waals surface area (Å²) in [5.41, 5.74) is 1.93. The van der Waals surface area contributed by atoms with Crippen molar-refractivity contribution in [1.82, 2.24) is 4.90 Å². The van der Waals surface area contributed by atoms with Crippen LogP contribution in [-0.2, 0) is 70.2 Å². The van der Waals surface area contributed by atoms with Gasteiger partial charge in [0.15, 0.2) is 30.9 Å². The van der Waals surface area contributed by atoms with E-state index in [1.54, 1.807) is 12.1 Å². The van der Waals surface area contributed by atoms with Gasteiger partial charge in [-0.1, -0.05) is 92.4 Å². The molecule has 0 radical (unpaired) electrons. The van der Waals surface area contributed by atoms with Gasteiger partial charge in [0.25, 0.3) is 11.8 Å². The van der Waals surface area contributed by atoms with Crippen molar-refractivity contribution in [2.75, 3.05) is 19.8 Å². The van der Waals surface area contributed by atoms with Crippen LogP contribution in [0.15, 0.2) is 84.9 Å². The summed E-state index contributed by atoms with van der Waals surface area (Å²) in [7, 11) is -1.71. The van der Waals surface area contributed by atoms with Crippen LogP contribution in [-0.4, -0.2) is 129 Å². The molecule has 334 valence electrons. The first-order chi connectivity index (χ1) is 29.6. The molecule has 0 aromatic heterocycles.